The quantitative estimate of drug-likeness (QED) is 0.778. The SMILES string of the molecule is O=C1COc2ccc(C(=O)NCCSCc3ccccc3F)cc2N1. The number of nitrogens with one attached hydrogen (secondary N) is 2. The number of ether oxygens (including phenoxy) is 1. The summed E-state index contributed by atoms with van der Waals surface area (Å²) in [5.41, 5.74) is 1.60. The Balaban J connectivity index is 1.46. The van der Waals surface area contributed by atoms with Gasteiger partial charge in [0.2, 0.25) is 0 Å². The van der Waals surface area contributed by atoms with Crippen molar-refractivity contribution < 1.29 is 18.7 Å². The fourth-order valence-corrected chi connectivity index (χ4v) is 3.21. The third kappa shape index (κ3) is 4.51. The highest BCUT2D eigenvalue weighted by molar-refractivity contribution is 7.98. The van der Waals surface area contributed by atoms with Crippen LogP contribution in [0.3, 0.4) is 0 Å². The second-order valence-electron chi connectivity index (χ2n) is 5.45. The highest BCUT2D eigenvalue weighted by atomic mass is 32.2. The molecule has 0 saturated heterocycles. The maximum Gasteiger partial charge on any atom is 0.262 e. The second kappa shape index (κ2) is 8.02. The van der Waals surface area contributed by atoms with Crippen LogP contribution in [0.25, 0.3) is 0 Å². The van der Waals surface area contributed by atoms with Crippen molar-refractivity contribution in [2.24, 2.45) is 0 Å². The van der Waals surface area contributed by atoms with Gasteiger partial charge in [0.05, 0.1) is 5.69 Å². The average Bonchev–Trinajstić information content (AvgIpc) is 2.62. The molecule has 130 valence electrons. The maximum absolute atomic E-state index is 13.5. The molecule has 1 aliphatic rings. The molecule has 0 fully saturated rings. The third-order valence-electron chi connectivity index (χ3n) is 3.62. The predicted molar refractivity (Wildman–Crippen MR) is 95.5 cm³/mol. The number of thioether (sulfide) groups is 1. The fraction of sp³-hybridized carbons (Fsp3) is 0.222. The normalized spacial score (nSPS) is 12.8. The smallest absolute Gasteiger partial charge is 0.262 e. The third-order valence-corrected chi connectivity index (χ3v) is 4.63. The number of hydrogen-bond acceptors (Lipinski definition) is 4. The minimum absolute atomic E-state index is 0.0161. The van der Waals surface area contributed by atoms with Crippen molar-refractivity contribution in [2.75, 3.05) is 24.2 Å². The van der Waals surface area contributed by atoms with Crippen LogP contribution in [0.5, 0.6) is 5.75 Å². The van der Waals surface area contributed by atoms with Crippen LogP contribution in [0, 0.1) is 5.82 Å². The summed E-state index contributed by atoms with van der Waals surface area (Å²) in [7, 11) is 0. The number of carbonyl (C=O) groups is 2. The largest absolute Gasteiger partial charge is 0.482 e. The molecule has 0 atom stereocenters. The number of rotatable bonds is 6. The zero-order valence-electron chi connectivity index (χ0n) is 13.4. The summed E-state index contributed by atoms with van der Waals surface area (Å²) >= 11 is 1.55. The van der Waals surface area contributed by atoms with Crippen molar-refractivity contribution >= 4 is 29.3 Å². The first-order valence-corrected chi connectivity index (χ1v) is 8.95. The summed E-state index contributed by atoms with van der Waals surface area (Å²) in [5, 5.41) is 5.48. The van der Waals surface area contributed by atoms with Gasteiger partial charge in [-0.3, -0.25) is 9.59 Å². The molecule has 0 saturated carbocycles. The van der Waals surface area contributed by atoms with E-state index in [1.807, 2.05) is 0 Å². The van der Waals surface area contributed by atoms with E-state index in [1.165, 1.54) is 6.07 Å². The molecule has 25 heavy (non-hydrogen) atoms. The minimum Gasteiger partial charge on any atom is -0.482 e. The summed E-state index contributed by atoms with van der Waals surface area (Å²) in [4.78, 5) is 23.5. The van der Waals surface area contributed by atoms with Gasteiger partial charge < -0.3 is 15.4 Å². The molecule has 0 unspecified atom stereocenters. The Morgan fingerprint density at radius 3 is 2.96 bits per heavy atom. The van der Waals surface area contributed by atoms with Crippen LogP contribution in [0.4, 0.5) is 10.1 Å². The highest BCUT2D eigenvalue weighted by Gasteiger charge is 2.17. The minimum atomic E-state index is -0.241. The molecule has 7 heteroatoms. The van der Waals surface area contributed by atoms with Crippen molar-refractivity contribution in [3.8, 4) is 5.75 Å². The van der Waals surface area contributed by atoms with Crippen molar-refractivity contribution in [3.05, 3.63) is 59.4 Å². The van der Waals surface area contributed by atoms with Crippen molar-refractivity contribution in [3.63, 3.8) is 0 Å². The Labute approximate surface area is 148 Å². The molecular weight excluding hydrogens is 343 g/mol. The number of fused-ring (bicyclic) bond motifs is 1. The molecule has 2 aromatic carbocycles. The summed E-state index contributed by atoms with van der Waals surface area (Å²) in [6, 6.07) is 11.6. The first-order chi connectivity index (χ1) is 12.1. The van der Waals surface area contributed by atoms with E-state index in [1.54, 1.807) is 48.2 Å². The van der Waals surface area contributed by atoms with E-state index < -0.39 is 0 Å². The fourth-order valence-electron chi connectivity index (χ4n) is 2.36. The Bertz CT molecular complexity index is 798. The van der Waals surface area contributed by atoms with Gasteiger partial charge in [-0.15, -0.1) is 0 Å². The zero-order chi connectivity index (χ0) is 17.6. The number of carbonyl (C=O) groups excluding carboxylic acids is 2. The lowest BCUT2D eigenvalue weighted by Gasteiger charge is -2.18. The van der Waals surface area contributed by atoms with Gasteiger partial charge in [-0.2, -0.15) is 11.8 Å². The van der Waals surface area contributed by atoms with Gasteiger partial charge >= 0.3 is 0 Å². The molecule has 0 bridgehead atoms. The van der Waals surface area contributed by atoms with Gasteiger partial charge in [-0.25, -0.2) is 4.39 Å². The van der Waals surface area contributed by atoms with Gasteiger partial charge in [0, 0.05) is 23.6 Å². The molecule has 1 aliphatic heterocycles. The Morgan fingerprint density at radius 2 is 2.12 bits per heavy atom. The first-order valence-electron chi connectivity index (χ1n) is 7.79. The van der Waals surface area contributed by atoms with Gasteiger partial charge in [0.1, 0.15) is 11.6 Å². The number of hydrogen-bond donors (Lipinski definition) is 2. The Hall–Kier alpha value is -2.54. The number of amides is 2. The maximum atomic E-state index is 13.5. The summed E-state index contributed by atoms with van der Waals surface area (Å²) < 4.78 is 18.7. The lowest BCUT2D eigenvalue weighted by atomic mass is 10.1. The van der Waals surface area contributed by atoms with Gasteiger partial charge in [0.25, 0.3) is 11.8 Å². The standard InChI is InChI=1S/C18H17FN2O3S/c19-14-4-2-1-3-13(14)11-25-8-7-20-18(23)12-5-6-16-15(9-12)21-17(22)10-24-16/h1-6,9H,7-8,10-11H2,(H,20,23)(H,21,22). The summed E-state index contributed by atoms with van der Waals surface area (Å²) in [5.74, 6) is 1.10. The van der Waals surface area contributed by atoms with Crippen LogP contribution in [-0.2, 0) is 10.5 Å². The molecule has 2 amide bonds. The van der Waals surface area contributed by atoms with Crippen molar-refractivity contribution in [1.29, 1.82) is 0 Å². The van der Waals surface area contributed by atoms with Crippen LogP contribution in [0.15, 0.2) is 42.5 Å². The summed E-state index contributed by atoms with van der Waals surface area (Å²) in [6.45, 7) is 0.454. The molecular formula is C18H17FN2O3S. The number of benzene rings is 2. The monoisotopic (exact) mass is 360 g/mol. The van der Waals surface area contributed by atoms with Crippen LogP contribution in [0.2, 0.25) is 0 Å². The molecule has 3 rings (SSSR count). The number of halogens is 1. The average molecular weight is 360 g/mol. The molecule has 0 spiro atoms. The van der Waals surface area contributed by atoms with E-state index in [9.17, 15) is 14.0 Å². The molecule has 0 aromatic heterocycles. The van der Waals surface area contributed by atoms with E-state index in [2.05, 4.69) is 10.6 Å². The van der Waals surface area contributed by atoms with Crippen LogP contribution in [-0.4, -0.2) is 30.7 Å². The van der Waals surface area contributed by atoms with Crippen molar-refractivity contribution in [1.82, 2.24) is 5.32 Å². The lowest BCUT2D eigenvalue weighted by molar-refractivity contribution is -0.118. The summed E-state index contributed by atoms with van der Waals surface area (Å²) in [6.07, 6.45) is 0. The molecule has 1 heterocycles. The van der Waals surface area contributed by atoms with Crippen LogP contribution in [0.1, 0.15) is 15.9 Å². The lowest BCUT2D eigenvalue weighted by Crippen LogP contribution is -2.28. The van der Waals surface area contributed by atoms with Gasteiger partial charge in [-0.05, 0) is 29.8 Å². The predicted octanol–water partition coefficient (Wildman–Crippen LogP) is 2.82. The van der Waals surface area contributed by atoms with E-state index in [0.29, 0.717) is 40.6 Å². The number of anilines is 1. The molecule has 0 radical (unpaired) electrons. The highest BCUT2D eigenvalue weighted by Crippen LogP contribution is 2.28. The molecule has 2 aromatic rings. The van der Waals surface area contributed by atoms with E-state index >= 15 is 0 Å². The Kier molecular flexibility index (Phi) is 5.55. The topological polar surface area (TPSA) is 67.4 Å². The molecule has 2 N–H and O–H groups in total. The Morgan fingerprint density at radius 1 is 1.28 bits per heavy atom. The second-order valence-corrected chi connectivity index (χ2v) is 6.55. The van der Waals surface area contributed by atoms with E-state index in [-0.39, 0.29) is 24.2 Å². The first kappa shape index (κ1) is 17.3. The van der Waals surface area contributed by atoms with Gasteiger partial charge in [0.15, 0.2) is 6.61 Å². The van der Waals surface area contributed by atoms with Crippen LogP contribution < -0.4 is 15.4 Å². The zero-order valence-corrected chi connectivity index (χ0v) is 14.2. The molecule has 5 nitrogen and oxygen atoms in total. The van der Waals surface area contributed by atoms with Crippen molar-refractivity contribution in [2.45, 2.75) is 5.75 Å². The van der Waals surface area contributed by atoms with Crippen LogP contribution >= 0.6 is 11.8 Å². The van der Waals surface area contributed by atoms with E-state index in [4.69, 9.17) is 4.74 Å². The van der Waals surface area contributed by atoms with Gasteiger partial charge in [-0.1, -0.05) is 18.2 Å². The van der Waals surface area contributed by atoms with E-state index in [0.717, 1.165) is 0 Å². The molecule has 0 aliphatic carbocycles.